The SMILES string of the molecule is Fc1ccc(F)c(Cn2c(=S)[nH]c3cc(Br)ccc32)c1. The summed E-state index contributed by atoms with van der Waals surface area (Å²) in [5, 5.41) is 0. The molecule has 1 N–H and O–H groups in total. The lowest BCUT2D eigenvalue weighted by Gasteiger charge is -2.06. The van der Waals surface area contributed by atoms with Gasteiger partial charge in [0, 0.05) is 10.0 Å². The van der Waals surface area contributed by atoms with Crippen LogP contribution >= 0.6 is 28.1 Å². The summed E-state index contributed by atoms with van der Waals surface area (Å²) in [6.07, 6.45) is 0. The maximum absolute atomic E-state index is 13.7. The maximum atomic E-state index is 13.7. The van der Waals surface area contributed by atoms with Crippen LogP contribution in [0.5, 0.6) is 0 Å². The molecule has 102 valence electrons. The van der Waals surface area contributed by atoms with E-state index < -0.39 is 11.6 Å². The predicted octanol–water partition coefficient (Wildman–Crippen LogP) is 4.79. The van der Waals surface area contributed by atoms with E-state index in [0.717, 1.165) is 27.6 Å². The van der Waals surface area contributed by atoms with Crippen molar-refractivity contribution in [1.82, 2.24) is 9.55 Å². The quantitative estimate of drug-likeness (QED) is 0.656. The number of nitrogens with zero attached hydrogens (tertiary/aromatic N) is 1. The Balaban J connectivity index is 2.13. The summed E-state index contributed by atoms with van der Waals surface area (Å²) in [6.45, 7) is 0.185. The minimum atomic E-state index is -0.462. The summed E-state index contributed by atoms with van der Waals surface area (Å²) in [6, 6.07) is 9.06. The van der Waals surface area contributed by atoms with Crippen LogP contribution in [0.1, 0.15) is 5.56 Å². The van der Waals surface area contributed by atoms with Gasteiger partial charge in [0.05, 0.1) is 17.6 Å². The van der Waals surface area contributed by atoms with Gasteiger partial charge in [-0.05, 0) is 48.6 Å². The third-order valence-corrected chi connectivity index (χ3v) is 3.89. The van der Waals surface area contributed by atoms with E-state index in [1.165, 1.54) is 6.07 Å². The van der Waals surface area contributed by atoms with Crippen molar-refractivity contribution in [3.63, 3.8) is 0 Å². The highest BCUT2D eigenvalue weighted by Crippen LogP contribution is 2.21. The Kier molecular flexibility index (Phi) is 3.43. The molecule has 3 aromatic rings. The average Bonchev–Trinajstić information content (AvgIpc) is 2.69. The lowest BCUT2D eigenvalue weighted by Crippen LogP contribution is -2.02. The molecule has 0 spiro atoms. The number of fused-ring (bicyclic) bond motifs is 1. The van der Waals surface area contributed by atoms with Crippen LogP contribution in [0, 0.1) is 16.4 Å². The highest BCUT2D eigenvalue weighted by Gasteiger charge is 2.09. The van der Waals surface area contributed by atoms with Crippen molar-refractivity contribution in [1.29, 1.82) is 0 Å². The molecule has 1 heterocycles. The number of aromatic nitrogens is 2. The smallest absolute Gasteiger partial charge is 0.178 e. The van der Waals surface area contributed by atoms with E-state index in [2.05, 4.69) is 20.9 Å². The Morgan fingerprint density at radius 2 is 1.95 bits per heavy atom. The Labute approximate surface area is 127 Å². The highest BCUT2D eigenvalue weighted by atomic mass is 79.9. The largest absolute Gasteiger partial charge is 0.331 e. The molecule has 0 aliphatic rings. The molecule has 0 unspecified atom stereocenters. The van der Waals surface area contributed by atoms with Crippen molar-refractivity contribution >= 4 is 39.2 Å². The first kappa shape index (κ1) is 13.5. The van der Waals surface area contributed by atoms with Gasteiger partial charge in [0.2, 0.25) is 0 Å². The summed E-state index contributed by atoms with van der Waals surface area (Å²) in [7, 11) is 0. The second kappa shape index (κ2) is 5.10. The van der Waals surface area contributed by atoms with Crippen LogP contribution in [0.15, 0.2) is 40.9 Å². The zero-order valence-electron chi connectivity index (χ0n) is 10.2. The Bertz CT molecular complexity index is 854. The van der Waals surface area contributed by atoms with Crippen LogP contribution in [-0.4, -0.2) is 9.55 Å². The molecule has 0 amide bonds. The molecule has 0 aliphatic heterocycles. The minimum Gasteiger partial charge on any atom is -0.331 e. The van der Waals surface area contributed by atoms with Gasteiger partial charge in [0.15, 0.2) is 4.77 Å². The Hall–Kier alpha value is -1.53. The monoisotopic (exact) mass is 354 g/mol. The van der Waals surface area contributed by atoms with Gasteiger partial charge in [-0.1, -0.05) is 15.9 Å². The first-order chi connectivity index (χ1) is 9.54. The van der Waals surface area contributed by atoms with Crippen LogP contribution in [-0.2, 0) is 6.54 Å². The van der Waals surface area contributed by atoms with E-state index in [1.54, 1.807) is 4.57 Å². The predicted molar refractivity (Wildman–Crippen MR) is 80.3 cm³/mol. The van der Waals surface area contributed by atoms with Gasteiger partial charge in [-0.2, -0.15) is 0 Å². The third kappa shape index (κ3) is 2.41. The fraction of sp³-hybridized carbons (Fsp3) is 0.0714. The van der Waals surface area contributed by atoms with Gasteiger partial charge >= 0.3 is 0 Å². The summed E-state index contributed by atoms with van der Waals surface area (Å²) in [5.41, 5.74) is 1.97. The zero-order chi connectivity index (χ0) is 14.3. The van der Waals surface area contributed by atoms with E-state index in [-0.39, 0.29) is 12.1 Å². The van der Waals surface area contributed by atoms with Crippen molar-refractivity contribution in [3.05, 3.63) is 62.8 Å². The molecule has 20 heavy (non-hydrogen) atoms. The van der Waals surface area contributed by atoms with Crippen molar-refractivity contribution in [2.75, 3.05) is 0 Å². The molecule has 2 aromatic carbocycles. The number of rotatable bonds is 2. The van der Waals surface area contributed by atoms with Gasteiger partial charge in [-0.3, -0.25) is 0 Å². The van der Waals surface area contributed by atoms with Crippen molar-refractivity contribution in [2.24, 2.45) is 0 Å². The fourth-order valence-corrected chi connectivity index (χ4v) is 2.76. The molecule has 2 nitrogen and oxygen atoms in total. The van der Waals surface area contributed by atoms with Gasteiger partial charge in [0.1, 0.15) is 11.6 Å². The summed E-state index contributed by atoms with van der Waals surface area (Å²) >= 11 is 8.63. The van der Waals surface area contributed by atoms with Crippen molar-refractivity contribution < 1.29 is 8.78 Å². The van der Waals surface area contributed by atoms with E-state index in [4.69, 9.17) is 12.2 Å². The van der Waals surface area contributed by atoms with E-state index in [1.807, 2.05) is 18.2 Å². The third-order valence-electron chi connectivity index (χ3n) is 3.07. The summed E-state index contributed by atoms with van der Waals surface area (Å²) in [4.78, 5) is 3.05. The topological polar surface area (TPSA) is 20.7 Å². The number of hydrogen-bond acceptors (Lipinski definition) is 1. The number of halogens is 3. The average molecular weight is 355 g/mol. The molecule has 0 saturated heterocycles. The molecule has 0 saturated carbocycles. The van der Waals surface area contributed by atoms with Crippen molar-refractivity contribution in [3.8, 4) is 0 Å². The number of imidazole rings is 1. The molecule has 0 atom stereocenters. The van der Waals surface area contributed by atoms with E-state index in [9.17, 15) is 8.78 Å². The van der Waals surface area contributed by atoms with Crippen LogP contribution in [0.4, 0.5) is 8.78 Å². The number of hydrogen-bond donors (Lipinski definition) is 1. The minimum absolute atomic E-state index is 0.185. The van der Waals surface area contributed by atoms with Gasteiger partial charge in [0.25, 0.3) is 0 Å². The van der Waals surface area contributed by atoms with Crippen LogP contribution in [0.2, 0.25) is 0 Å². The van der Waals surface area contributed by atoms with Crippen LogP contribution in [0.3, 0.4) is 0 Å². The molecule has 0 radical (unpaired) electrons. The Morgan fingerprint density at radius 1 is 1.15 bits per heavy atom. The molecule has 3 rings (SSSR count). The molecular formula is C14H9BrF2N2S. The second-order valence-corrected chi connectivity index (χ2v) is 5.72. The van der Waals surface area contributed by atoms with Crippen molar-refractivity contribution in [2.45, 2.75) is 6.54 Å². The van der Waals surface area contributed by atoms with Gasteiger partial charge in [-0.25, -0.2) is 8.78 Å². The number of benzene rings is 2. The fourth-order valence-electron chi connectivity index (χ4n) is 2.13. The lowest BCUT2D eigenvalue weighted by atomic mass is 10.2. The normalized spacial score (nSPS) is 11.2. The first-order valence-electron chi connectivity index (χ1n) is 5.86. The van der Waals surface area contributed by atoms with Crippen LogP contribution < -0.4 is 0 Å². The molecule has 0 aliphatic carbocycles. The molecular weight excluding hydrogens is 346 g/mol. The van der Waals surface area contributed by atoms with E-state index >= 15 is 0 Å². The lowest BCUT2D eigenvalue weighted by molar-refractivity contribution is 0.578. The van der Waals surface area contributed by atoms with E-state index in [0.29, 0.717) is 4.77 Å². The molecule has 1 aromatic heterocycles. The van der Waals surface area contributed by atoms with Crippen LogP contribution in [0.25, 0.3) is 11.0 Å². The second-order valence-electron chi connectivity index (χ2n) is 4.41. The number of H-pyrrole nitrogens is 1. The number of aromatic amines is 1. The summed E-state index contributed by atoms with van der Waals surface area (Å²) < 4.78 is 30.1. The highest BCUT2D eigenvalue weighted by molar-refractivity contribution is 9.10. The molecule has 6 heteroatoms. The Morgan fingerprint density at radius 3 is 2.75 bits per heavy atom. The molecule has 0 fully saturated rings. The maximum Gasteiger partial charge on any atom is 0.178 e. The first-order valence-corrected chi connectivity index (χ1v) is 7.07. The standard InChI is InChI=1S/C14H9BrF2N2S/c15-9-1-4-13-12(6-9)18-14(20)19(13)7-8-5-10(16)2-3-11(8)17/h1-6H,7H2,(H,18,20). The van der Waals surface area contributed by atoms with Gasteiger partial charge < -0.3 is 9.55 Å². The molecule has 0 bridgehead atoms. The number of nitrogens with one attached hydrogen (secondary N) is 1. The summed E-state index contributed by atoms with van der Waals surface area (Å²) in [5.74, 6) is -0.907. The van der Waals surface area contributed by atoms with Gasteiger partial charge in [-0.15, -0.1) is 0 Å². The zero-order valence-corrected chi connectivity index (χ0v) is 12.6.